The summed E-state index contributed by atoms with van der Waals surface area (Å²) in [5.74, 6) is 2.18. The molecule has 1 N–H and O–H groups in total. The summed E-state index contributed by atoms with van der Waals surface area (Å²) in [6, 6.07) is 7.12. The molecule has 2 saturated carbocycles. The van der Waals surface area contributed by atoms with Crippen molar-refractivity contribution in [2.24, 2.45) is 5.92 Å². The lowest BCUT2D eigenvalue weighted by molar-refractivity contribution is 0.622. The standard InChI is InChI=1S/C16H22ClNS/c17-14-6-5-13(10-18-15-7-8-15)16(9-14)19-11-12-3-1-2-4-12/h5-6,9,12,15,18H,1-4,7-8,10-11H2. The Kier molecular flexibility index (Phi) is 4.73. The highest BCUT2D eigenvalue weighted by Crippen LogP contribution is 2.33. The molecule has 19 heavy (non-hydrogen) atoms. The van der Waals surface area contributed by atoms with Gasteiger partial charge in [-0.15, -0.1) is 11.8 Å². The molecule has 0 aliphatic heterocycles. The molecule has 0 spiro atoms. The van der Waals surface area contributed by atoms with Crippen molar-refractivity contribution in [3.63, 3.8) is 0 Å². The van der Waals surface area contributed by atoms with Gasteiger partial charge in [0.2, 0.25) is 0 Å². The zero-order valence-corrected chi connectivity index (χ0v) is 12.9. The van der Waals surface area contributed by atoms with Crippen LogP contribution < -0.4 is 5.32 Å². The monoisotopic (exact) mass is 295 g/mol. The van der Waals surface area contributed by atoms with Crippen molar-refractivity contribution in [3.8, 4) is 0 Å². The Morgan fingerprint density at radius 2 is 1.95 bits per heavy atom. The van der Waals surface area contributed by atoms with Crippen LogP contribution in [-0.2, 0) is 6.54 Å². The van der Waals surface area contributed by atoms with Crippen LogP contribution in [0.4, 0.5) is 0 Å². The minimum Gasteiger partial charge on any atom is -0.310 e. The van der Waals surface area contributed by atoms with Crippen LogP contribution in [0.25, 0.3) is 0 Å². The Bertz CT molecular complexity index is 425. The zero-order chi connectivity index (χ0) is 13.1. The molecule has 0 heterocycles. The Morgan fingerprint density at radius 3 is 2.68 bits per heavy atom. The van der Waals surface area contributed by atoms with Crippen LogP contribution in [0.5, 0.6) is 0 Å². The van der Waals surface area contributed by atoms with E-state index in [1.165, 1.54) is 54.7 Å². The van der Waals surface area contributed by atoms with Crippen molar-refractivity contribution >= 4 is 23.4 Å². The van der Waals surface area contributed by atoms with E-state index in [1.54, 1.807) is 0 Å². The molecule has 2 aliphatic carbocycles. The maximum absolute atomic E-state index is 6.15. The SMILES string of the molecule is Clc1ccc(CNC2CC2)c(SCC2CCCC2)c1. The van der Waals surface area contributed by atoms with Crippen LogP contribution in [0.15, 0.2) is 23.1 Å². The average molecular weight is 296 g/mol. The van der Waals surface area contributed by atoms with Crippen LogP contribution in [0, 0.1) is 5.92 Å². The first kappa shape index (κ1) is 13.8. The highest BCUT2D eigenvalue weighted by Gasteiger charge is 2.21. The molecule has 1 nitrogen and oxygen atoms in total. The second-order valence-electron chi connectivity index (χ2n) is 5.87. The van der Waals surface area contributed by atoms with E-state index in [2.05, 4.69) is 17.4 Å². The summed E-state index contributed by atoms with van der Waals surface area (Å²) in [6.45, 7) is 0.995. The third kappa shape index (κ3) is 4.14. The molecule has 3 rings (SSSR count). The highest BCUT2D eigenvalue weighted by atomic mass is 35.5. The molecule has 0 saturated heterocycles. The van der Waals surface area contributed by atoms with E-state index >= 15 is 0 Å². The minimum absolute atomic E-state index is 0.767. The summed E-state index contributed by atoms with van der Waals surface area (Å²) in [7, 11) is 0. The Morgan fingerprint density at radius 1 is 1.16 bits per heavy atom. The van der Waals surface area contributed by atoms with Gasteiger partial charge in [-0.2, -0.15) is 0 Å². The predicted molar refractivity (Wildman–Crippen MR) is 84.0 cm³/mol. The maximum atomic E-state index is 6.15. The third-order valence-electron chi connectivity index (χ3n) is 4.14. The average Bonchev–Trinajstić information content (AvgIpc) is 3.09. The van der Waals surface area contributed by atoms with Gasteiger partial charge in [-0.05, 0) is 49.3 Å². The molecule has 1 aromatic rings. The number of benzene rings is 1. The van der Waals surface area contributed by atoms with Gasteiger partial charge in [-0.3, -0.25) is 0 Å². The Hall–Kier alpha value is -0.180. The van der Waals surface area contributed by atoms with Gasteiger partial charge in [-0.25, -0.2) is 0 Å². The van der Waals surface area contributed by atoms with Crippen LogP contribution in [0.1, 0.15) is 44.1 Å². The molecular formula is C16H22ClNS. The first-order chi connectivity index (χ1) is 9.31. The number of hydrogen-bond acceptors (Lipinski definition) is 2. The summed E-state index contributed by atoms with van der Waals surface area (Å²) < 4.78 is 0. The van der Waals surface area contributed by atoms with Gasteiger partial charge < -0.3 is 5.32 Å². The summed E-state index contributed by atoms with van der Waals surface area (Å²) in [6.07, 6.45) is 8.39. The summed E-state index contributed by atoms with van der Waals surface area (Å²) in [5.41, 5.74) is 1.42. The molecule has 0 amide bonds. The topological polar surface area (TPSA) is 12.0 Å². The highest BCUT2D eigenvalue weighted by molar-refractivity contribution is 7.99. The number of rotatable bonds is 6. The van der Waals surface area contributed by atoms with Gasteiger partial charge in [0.15, 0.2) is 0 Å². The molecule has 2 aliphatic rings. The molecule has 0 atom stereocenters. The van der Waals surface area contributed by atoms with E-state index in [0.717, 1.165) is 23.5 Å². The van der Waals surface area contributed by atoms with E-state index in [9.17, 15) is 0 Å². The lowest BCUT2D eigenvalue weighted by Crippen LogP contribution is -2.15. The maximum Gasteiger partial charge on any atom is 0.0417 e. The molecule has 0 aromatic heterocycles. The number of halogens is 1. The molecular weight excluding hydrogens is 274 g/mol. The molecule has 0 unspecified atom stereocenters. The van der Waals surface area contributed by atoms with Crippen molar-refractivity contribution < 1.29 is 0 Å². The first-order valence-electron chi connectivity index (χ1n) is 7.46. The van der Waals surface area contributed by atoms with Crippen molar-refractivity contribution in [1.82, 2.24) is 5.32 Å². The number of thioether (sulfide) groups is 1. The molecule has 0 bridgehead atoms. The largest absolute Gasteiger partial charge is 0.310 e. The lowest BCUT2D eigenvalue weighted by Gasteiger charge is -2.13. The van der Waals surface area contributed by atoms with Crippen LogP contribution in [-0.4, -0.2) is 11.8 Å². The van der Waals surface area contributed by atoms with Crippen molar-refractivity contribution in [2.75, 3.05) is 5.75 Å². The van der Waals surface area contributed by atoms with E-state index in [0.29, 0.717) is 0 Å². The van der Waals surface area contributed by atoms with Crippen LogP contribution in [0.2, 0.25) is 5.02 Å². The summed E-state index contributed by atoms with van der Waals surface area (Å²) >= 11 is 8.16. The normalized spacial score (nSPS) is 20.1. The lowest BCUT2D eigenvalue weighted by atomic mass is 10.1. The van der Waals surface area contributed by atoms with E-state index < -0.39 is 0 Å². The molecule has 1 aromatic carbocycles. The third-order valence-corrected chi connectivity index (χ3v) is 5.70. The second-order valence-corrected chi connectivity index (χ2v) is 7.37. The molecule has 0 radical (unpaired) electrons. The van der Waals surface area contributed by atoms with E-state index in [1.807, 2.05) is 17.8 Å². The number of nitrogens with one attached hydrogen (secondary N) is 1. The Balaban J connectivity index is 1.60. The fourth-order valence-corrected chi connectivity index (χ4v) is 4.26. The molecule has 104 valence electrons. The second kappa shape index (κ2) is 6.51. The van der Waals surface area contributed by atoms with Gasteiger partial charge in [0, 0.05) is 28.3 Å². The van der Waals surface area contributed by atoms with Gasteiger partial charge >= 0.3 is 0 Å². The van der Waals surface area contributed by atoms with E-state index in [4.69, 9.17) is 11.6 Å². The fourth-order valence-electron chi connectivity index (χ4n) is 2.74. The quantitative estimate of drug-likeness (QED) is 0.751. The first-order valence-corrected chi connectivity index (χ1v) is 8.82. The fraction of sp³-hybridized carbons (Fsp3) is 0.625. The van der Waals surface area contributed by atoms with Crippen molar-refractivity contribution in [2.45, 2.75) is 56.0 Å². The Labute approximate surface area is 125 Å². The van der Waals surface area contributed by atoms with Gasteiger partial charge in [0.1, 0.15) is 0 Å². The van der Waals surface area contributed by atoms with E-state index in [-0.39, 0.29) is 0 Å². The van der Waals surface area contributed by atoms with Crippen molar-refractivity contribution in [3.05, 3.63) is 28.8 Å². The summed E-state index contributed by atoms with van der Waals surface area (Å²) in [5, 5.41) is 4.47. The van der Waals surface area contributed by atoms with Crippen LogP contribution >= 0.6 is 23.4 Å². The smallest absolute Gasteiger partial charge is 0.0417 e. The minimum atomic E-state index is 0.767. The van der Waals surface area contributed by atoms with Crippen molar-refractivity contribution in [1.29, 1.82) is 0 Å². The summed E-state index contributed by atoms with van der Waals surface area (Å²) in [4.78, 5) is 1.38. The zero-order valence-electron chi connectivity index (χ0n) is 11.3. The van der Waals surface area contributed by atoms with Gasteiger partial charge in [-0.1, -0.05) is 30.5 Å². The van der Waals surface area contributed by atoms with Gasteiger partial charge in [0.25, 0.3) is 0 Å². The van der Waals surface area contributed by atoms with Gasteiger partial charge in [0.05, 0.1) is 0 Å². The predicted octanol–water partition coefficient (Wildman–Crippen LogP) is 4.87. The molecule has 3 heteroatoms. The van der Waals surface area contributed by atoms with Crippen LogP contribution in [0.3, 0.4) is 0 Å². The number of hydrogen-bond donors (Lipinski definition) is 1. The molecule has 2 fully saturated rings.